The first kappa shape index (κ1) is 13.1. The zero-order chi connectivity index (χ0) is 13.4. The number of likely N-dealkylation sites (tertiary alicyclic amines) is 2. The van der Waals surface area contributed by atoms with Crippen molar-refractivity contribution in [1.29, 1.82) is 0 Å². The number of carbonyl (C=O) groups is 2. The second-order valence-electron chi connectivity index (χ2n) is 5.99. The van der Waals surface area contributed by atoms with Crippen LogP contribution < -0.4 is 5.32 Å². The molecular formula is C14H23N3O2. The van der Waals surface area contributed by atoms with Gasteiger partial charge in [0.05, 0.1) is 0 Å². The van der Waals surface area contributed by atoms with Crippen molar-refractivity contribution < 1.29 is 9.59 Å². The van der Waals surface area contributed by atoms with Crippen LogP contribution in [0.4, 0.5) is 0 Å². The topological polar surface area (TPSA) is 52.6 Å². The van der Waals surface area contributed by atoms with E-state index in [2.05, 4.69) is 17.1 Å². The fourth-order valence-electron chi connectivity index (χ4n) is 4.03. The van der Waals surface area contributed by atoms with Crippen molar-refractivity contribution in [2.75, 3.05) is 32.7 Å². The second-order valence-corrected chi connectivity index (χ2v) is 5.99. The number of nitrogens with one attached hydrogen (secondary N) is 1. The van der Waals surface area contributed by atoms with E-state index in [0.29, 0.717) is 25.4 Å². The van der Waals surface area contributed by atoms with Crippen molar-refractivity contribution >= 4 is 11.8 Å². The third-order valence-electron chi connectivity index (χ3n) is 5.01. The van der Waals surface area contributed by atoms with Gasteiger partial charge in [-0.25, -0.2) is 0 Å². The van der Waals surface area contributed by atoms with E-state index in [1.807, 2.05) is 0 Å². The lowest BCUT2D eigenvalue weighted by atomic mass is 9.93. The summed E-state index contributed by atoms with van der Waals surface area (Å²) in [6, 6.07) is 0.618. The number of fused-ring (bicyclic) bond motifs is 1. The summed E-state index contributed by atoms with van der Waals surface area (Å²) in [6.07, 6.45) is 1.97. The molecule has 3 saturated heterocycles. The Kier molecular flexibility index (Phi) is 3.58. The third kappa shape index (κ3) is 2.30. The van der Waals surface area contributed by atoms with Crippen LogP contribution >= 0.6 is 0 Å². The summed E-state index contributed by atoms with van der Waals surface area (Å²) in [6.45, 7) is 7.04. The second kappa shape index (κ2) is 5.21. The normalized spacial score (nSPS) is 35.4. The summed E-state index contributed by atoms with van der Waals surface area (Å²) in [5.74, 6) is 1.54. The van der Waals surface area contributed by atoms with E-state index in [-0.39, 0.29) is 11.8 Å². The Bertz CT molecular complexity index is 369. The van der Waals surface area contributed by atoms with Crippen molar-refractivity contribution in [3.8, 4) is 0 Å². The minimum Gasteiger partial charge on any atom is -0.316 e. The number of hydrogen-bond acceptors (Lipinski definition) is 4. The number of hydrogen-bond donors (Lipinski definition) is 1. The summed E-state index contributed by atoms with van der Waals surface area (Å²) in [5, 5.41) is 3.48. The highest BCUT2D eigenvalue weighted by Crippen LogP contribution is 2.34. The van der Waals surface area contributed by atoms with Crippen molar-refractivity contribution in [1.82, 2.24) is 15.1 Å². The molecule has 2 amide bonds. The average molecular weight is 265 g/mol. The van der Waals surface area contributed by atoms with Gasteiger partial charge in [0, 0.05) is 38.5 Å². The molecular weight excluding hydrogens is 242 g/mol. The first-order chi connectivity index (χ1) is 9.20. The molecule has 5 nitrogen and oxygen atoms in total. The lowest BCUT2D eigenvalue weighted by molar-refractivity contribution is -0.138. The maximum atomic E-state index is 11.6. The van der Waals surface area contributed by atoms with Crippen LogP contribution in [-0.2, 0) is 9.59 Å². The quantitative estimate of drug-likeness (QED) is 0.731. The van der Waals surface area contributed by atoms with Crippen LogP contribution in [0.3, 0.4) is 0 Å². The van der Waals surface area contributed by atoms with Gasteiger partial charge in [0.15, 0.2) is 0 Å². The molecule has 3 aliphatic heterocycles. The number of carbonyl (C=O) groups excluding carboxylic acids is 2. The van der Waals surface area contributed by atoms with Crippen LogP contribution in [0.15, 0.2) is 0 Å². The summed E-state index contributed by atoms with van der Waals surface area (Å²) >= 11 is 0. The standard InChI is InChI=1S/C14H23N3O2/c1-2-12-11-8-15-7-10(11)9-16(12)5-6-17-13(18)3-4-14(17)19/h10-12,15H,2-9H2,1H3. The Morgan fingerprint density at radius 1 is 1.16 bits per heavy atom. The lowest BCUT2D eigenvalue weighted by Crippen LogP contribution is -2.42. The van der Waals surface area contributed by atoms with Crippen LogP contribution in [0.2, 0.25) is 0 Å². The number of rotatable bonds is 4. The zero-order valence-electron chi connectivity index (χ0n) is 11.6. The van der Waals surface area contributed by atoms with E-state index in [4.69, 9.17) is 0 Å². The van der Waals surface area contributed by atoms with Gasteiger partial charge in [-0.1, -0.05) is 6.92 Å². The fraction of sp³-hybridized carbons (Fsp3) is 0.857. The van der Waals surface area contributed by atoms with Crippen LogP contribution in [0.5, 0.6) is 0 Å². The highest BCUT2D eigenvalue weighted by Gasteiger charge is 2.43. The maximum absolute atomic E-state index is 11.6. The molecule has 3 rings (SSSR count). The first-order valence-corrected chi connectivity index (χ1v) is 7.48. The first-order valence-electron chi connectivity index (χ1n) is 7.48. The maximum Gasteiger partial charge on any atom is 0.229 e. The van der Waals surface area contributed by atoms with Crippen LogP contribution in [0.1, 0.15) is 26.2 Å². The Hall–Kier alpha value is -0.940. The Balaban J connectivity index is 1.58. The molecule has 106 valence electrons. The molecule has 0 spiro atoms. The van der Waals surface area contributed by atoms with Gasteiger partial charge in [0.2, 0.25) is 11.8 Å². The monoisotopic (exact) mass is 265 g/mol. The smallest absolute Gasteiger partial charge is 0.229 e. The van der Waals surface area contributed by atoms with E-state index >= 15 is 0 Å². The van der Waals surface area contributed by atoms with Gasteiger partial charge in [0.1, 0.15) is 0 Å². The minimum absolute atomic E-state index is 0.0131. The van der Waals surface area contributed by atoms with Gasteiger partial charge in [-0.3, -0.25) is 19.4 Å². The Morgan fingerprint density at radius 2 is 1.89 bits per heavy atom. The Labute approximate surface area is 114 Å². The molecule has 3 heterocycles. The van der Waals surface area contributed by atoms with E-state index < -0.39 is 0 Å². The average Bonchev–Trinajstić information content (AvgIpc) is 3.03. The number of imide groups is 1. The molecule has 19 heavy (non-hydrogen) atoms. The van der Waals surface area contributed by atoms with Gasteiger partial charge < -0.3 is 5.32 Å². The molecule has 0 radical (unpaired) electrons. The van der Waals surface area contributed by atoms with Crippen molar-refractivity contribution in [2.45, 2.75) is 32.2 Å². The van der Waals surface area contributed by atoms with Gasteiger partial charge >= 0.3 is 0 Å². The molecule has 0 aliphatic carbocycles. The fourth-order valence-corrected chi connectivity index (χ4v) is 4.03. The number of nitrogens with zero attached hydrogens (tertiary/aromatic N) is 2. The van der Waals surface area contributed by atoms with Crippen LogP contribution in [-0.4, -0.2) is 60.4 Å². The molecule has 0 aromatic carbocycles. The van der Waals surface area contributed by atoms with Gasteiger partial charge in [0.25, 0.3) is 0 Å². The van der Waals surface area contributed by atoms with Gasteiger partial charge in [-0.05, 0) is 31.3 Å². The molecule has 0 aromatic rings. The highest BCUT2D eigenvalue weighted by atomic mass is 16.2. The van der Waals surface area contributed by atoms with Crippen LogP contribution in [0, 0.1) is 11.8 Å². The van der Waals surface area contributed by atoms with Crippen molar-refractivity contribution in [3.63, 3.8) is 0 Å². The zero-order valence-corrected chi connectivity index (χ0v) is 11.6. The summed E-state index contributed by atoms with van der Waals surface area (Å²) < 4.78 is 0. The minimum atomic E-state index is 0.0131. The van der Waals surface area contributed by atoms with E-state index in [1.165, 1.54) is 4.90 Å². The molecule has 3 atom stereocenters. The summed E-state index contributed by atoms with van der Waals surface area (Å²) in [4.78, 5) is 27.2. The molecule has 3 fully saturated rings. The molecule has 5 heteroatoms. The van der Waals surface area contributed by atoms with Gasteiger partial charge in [-0.2, -0.15) is 0 Å². The van der Waals surface area contributed by atoms with Crippen molar-refractivity contribution in [2.24, 2.45) is 11.8 Å². The predicted octanol–water partition coefficient (Wildman–Crippen LogP) is 0.0652. The van der Waals surface area contributed by atoms with E-state index in [0.717, 1.165) is 44.4 Å². The molecule has 3 unspecified atom stereocenters. The van der Waals surface area contributed by atoms with Crippen LogP contribution in [0.25, 0.3) is 0 Å². The molecule has 0 saturated carbocycles. The number of amides is 2. The summed E-state index contributed by atoms with van der Waals surface area (Å²) in [5.41, 5.74) is 0. The highest BCUT2D eigenvalue weighted by molar-refractivity contribution is 6.01. The molecule has 0 aromatic heterocycles. The van der Waals surface area contributed by atoms with E-state index in [1.54, 1.807) is 0 Å². The SMILES string of the molecule is CCC1C2CNCC2CN1CCN1C(=O)CCC1=O. The lowest BCUT2D eigenvalue weighted by Gasteiger charge is -2.28. The third-order valence-corrected chi connectivity index (χ3v) is 5.01. The molecule has 1 N–H and O–H groups in total. The predicted molar refractivity (Wildman–Crippen MR) is 71.5 cm³/mol. The Morgan fingerprint density at radius 3 is 2.58 bits per heavy atom. The molecule has 0 bridgehead atoms. The van der Waals surface area contributed by atoms with Gasteiger partial charge in [-0.15, -0.1) is 0 Å². The summed E-state index contributed by atoms with van der Waals surface area (Å²) in [7, 11) is 0. The van der Waals surface area contributed by atoms with Crippen molar-refractivity contribution in [3.05, 3.63) is 0 Å². The molecule has 3 aliphatic rings. The largest absolute Gasteiger partial charge is 0.316 e. The van der Waals surface area contributed by atoms with E-state index in [9.17, 15) is 9.59 Å².